The molecule has 1 aliphatic carbocycles. The van der Waals surface area contributed by atoms with Crippen LogP contribution in [0.5, 0.6) is 0 Å². The highest BCUT2D eigenvalue weighted by molar-refractivity contribution is 5.85. The molecule has 1 aromatic rings. The molecule has 0 unspecified atom stereocenters. The molecular formula is C12H23Cl2N5O. The highest BCUT2D eigenvalue weighted by Crippen LogP contribution is 2.26. The van der Waals surface area contributed by atoms with Gasteiger partial charge in [0.05, 0.1) is 6.54 Å². The van der Waals surface area contributed by atoms with Gasteiger partial charge in [0.15, 0.2) is 5.82 Å². The van der Waals surface area contributed by atoms with Gasteiger partial charge in [0.2, 0.25) is 5.91 Å². The summed E-state index contributed by atoms with van der Waals surface area (Å²) < 4.78 is 1.92. The zero-order valence-electron chi connectivity index (χ0n) is 11.6. The molecule has 116 valence electrons. The molecule has 0 spiro atoms. The minimum atomic E-state index is 0. The van der Waals surface area contributed by atoms with Crippen molar-refractivity contribution in [3.05, 3.63) is 12.2 Å². The highest BCUT2D eigenvalue weighted by atomic mass is 35.5. The zero-order chi connectivity index (χ0) is 13.0. The van der Waals surface area contributed by atoms with Gasteiger partial charge < -0.3 is 15.6 Å². The molecule has 0 radical (unpaired) electrons. The van der Waals surface area contributed by atoms with E-state index in [1.807, 2.05) is 11.5 Å². The molecule has 1 saturated carbocycles. The number of carbonyl (C=O) groups is 1. The van der Waals surface area contributed by atoms with Crippen molar-refractivity contribution in [2.45, 2.75) is 51.7 Å². The maximum atomic E-state index is 11.8. The van der Waals surface area contributed by atoms with E-state index in [-0.39, 0.29) is 36.8 Å². The van der Waals surface area contributed by atoms with Crippen molar-refractivity contribution in [2.24, 2.45) is 11.7 Å². The van der Waals surface area contributed by atoms with Crippen LogP contribution in [0.15, 0.2) is 6.33 Å². The molecule has 0 aliphatic heterocycles. The molecule has 2 atom stereocenters. The van der Waals surface area contributed by atoms with Crippen LogP contribution in [-0.2, 0) is 17.9 Å². The van der Waals surface area contributed by atoms with Crippen molar-refractivity contribution in [3.8, 4) is 0 Å². The van der Waals surface area contributed by atoms with Gasteiger partial charge in [0, 0.05) is 19.0 Å². The second kappa shape index (κ2) is 9.15. The quantitative estimate of drug-likeness (QED) is 0.854. The number of carbonyl (C=O) groups excluding carboxylic acids is 1. The summed E-state index contributed by atoms with van der Waals surface area (Å²) in [5.41, 5.74) is 5.96. The van der Waals surface area contributed by atoms with Gasteiger partial charge in [0.1, 0.15) is 6.33 Å². The lowest BCUT2D eigenvalue weighted by molar-refractivity contribution is -0.122. The normalized spacial score (nSPS) is 20.9. The SMILES string of the molecule is CCn1cnnc1CNC(=O)C[C@@H]1CCC[C@H]1N.Cl.Cl. The first-order valence-corrected chi connectivity index (χ1v) is 6.59. The van der Waals surface area contributed by atoms with Crippen molar-refractivity contribution < 1.29 is 4.79 Å². The first-order valence-electron chi connectivity index (χ1n) is 6.59. The Balaban J connectivity index is 0.00000180. The van der Waals surface area contributed by atoms with Crippen molar-refractivity contribution in [2.75, 3.05) is 0 Å². The van der Waals surface area contributed by atoms with Gasteiger partial charge in [-0.1, -0.05) is 6.42 Å². The van der Waals surface area contributed by atoms with Crippen molar-refractivity contribution in [1.29, 1.82) is 0 Å². The van der Waals surface area contributed by atoms with Gasteiger partial charge >= 0.3 is 0 Å². The summed E-state index contributed by atoms with van der Waals surface area (Å²) >= 11 is 0. The monoisotopic (exact) mass is 323 g/mol. The third-order valence-electron chi connectivity index (χ3n) is 3.65. The lowest BCUT2D eigenvalue weighted by Crippen LogP contribution is -2.31. The molecular weight excluding hydrogens is 301 g/mol. The lowest BCUT2D eigenvalue weighted by atomic mass is 10.00. The Hall–Kier alpha value is -0.850. The minimum absolute atomic E-state index is 0. The fourth-order valence-electron chi connectivity index (χ4n) is 2.49. The number of nitrogens with zero attached hydrogens (tertiary/aromatic N) is 3. The number of hydrogen-bond donors (Lipinski definition) is 2. The molecule has 2 rings (SSSR count). The van der Waals surface area contributed by atoms with E-state index in [0.29, 0.717) is 18.9 Å². The Morgan fingerprint density at radius 1 is 1.50 bits per heavy atom. The largest absolute Gasteiger partial charge is 0.349 e. The Morgan fingerprint density at radius 2 is 2.25 bits per heavy atom. The molecule has 1 aliphatic rings. The van der Waals surface area contributed by atoms with Gasteiger partial charge in [-0.3, -0.25) is 4.79 Å². The Morgan fingerprint density at radius 3 is 2.85 bits per heavy atom. The number of nitrogens with two attached hydrogens (primary N) is 1. The maximum Gasteiger partial charge on any atom is 0.220 e. The maximum absolute atomic E-state index is 11.8. The summed E-state index contributed by atoms with van der Waals surface area (Å²) in [6, 6.07) is 0.190. The number of amides is 1. The Labute approximate surface area is 131 Å². The second-order valence-corrected chi connectivity index (χ2v) is 4.87. The summed E-state index contributed by atoms with van der Waals surface area (Å²) in [5.74, 6) is 1.19. The van der Waals surface area contributed by atoms with Crippen LogP contribution in [0.2, 0.25) is 0 Å². The first kappa shape index (κ1) is 19.1. The lowest BCUT2D eigenvalue weighted by Gasteiger charge is -2.14. The summed E-state index contributed by atoms with van der Waals surface area (Å²) in [4.78, 5) is 11.8. The Kier molecular flexibility index (Phi) is 8.76. The summed E-state index contributed by atoms with van der Waals surface area (Å²) in [6.07, 6.45) is 5.46. The average Bonchev–Trinajstić information content (AvgIpc) is 2.96. The van der Waals surface area contributed by atoms with E-state index in [0.717, 1.165) is 31.6 Å². The fourth-order valence-corrected chi connectivity index (χ4v) is 2.49. The molecule has 1 amide bonds. The van der Waals surface area contributed by atoms with E-state index in [9.17, 15) is 4.79 Å². The van der Waals surface area contributed by atoms with Crippen LogP contribution in [0.1, 0.15) is 38.4 Å². The first-order chi connectivity index (χ1) is 8.70. The Bertz CT molecular complexity index is 412. The molecule has 0 saturated heterocycles. The minimum Gasteiger partial charge on any atom is -0.349 e. The standard InChI is InChI=1S/C12H21N5O.2ClH/c1-2-17-8-15-16-11(17)7-14-12(18)6-9-4-3-5-10(9)13;;/h8-10H,2-7,13H2,1H3,(H,14,18);2*1H/t9-,10+;;/m0../s1. The number of rotatable bonds is 5. The second-order valence-electron chi connectivity index (χ2n) is 4.87. The fraction of sp³-hybridized carbons (Fsp3) is 0.750. The molecule has 20 heavy (non-hydrogen) atoms. The van der Waals surface area contributed by atoms with Gasteiger partial charge in [0.25, 0.3) is 0 Å². The van der Waals surface area contributed by atoms with Gasteiger partial charge in [-0.15, -0.1) is 35.0 Å². The van der Waals surface area contributed by atoms with Gasteiger partial charge in [-0.25, -0.2) is 0 Å². The third-order valence-corrected chi connectivity index (χ3v) is 3.65. The van der Waals surface area contributed by atoms with Crippen molar-refractivity contribution >= 4 is 30.7 Å². The van der Waals surface area contributed by atoms with Crippen LogP contribution in [0, 0.1) is 5.92 Å². The predicted molar refractivity (Wildman–Crippen MR) is 82.0 cm³/mol. The highest BCUT2D eigenvalue weighted by Gasteiger charge is 2.25. The number of nitrogens with one attached hydrogen (secondary N) is 1. The number of aryl methyl sites for hydroxylation is 1. The van der Waals surface area contributed by atoms with Crippen LogP contribution < -0.4 is 11.1 Å². The molecule has 6 nitrogen and oxygen atoms in total. The van der Waals surface area contributed by atoms with E-state index in [1.54, 1.807) is 6.33 Å². The van der Waals surface area contributed by atoms with Crippen LogP contribution in [-0.4, -0.2) is 26.7 Å². The van der Waals surface area contributed by atoms with Gasteiger partial charge in [-0.05, 0) is 25.7 Å². The molecule has 0 bridgehead atoms. The molecule has 1 heterocycles. The van der Waals surface area contributed by atoms with E-state index in [1.165, 1.54) is 0 Å². The molecule has 0 aromatic carbocycles. The zero-order valence-corrected chi connectivity index (χ0v) is 13.3. The molecule has 1 aromatic heterocycles. The van der Waals surface area contributed by atoms with Crippen LogP contribution in [0.3, 0.4) is 0 Å². The van der Waals surface area contributed by atoms with E-state index >= 15 is 0 Å². The van der Waals surface area contributed by atoms with E-state index < -0.39 is 0 Å². The number of halogens is 2. The van der Waals surface area contributed by atoms with Crippen molar-refractivity contribution in [3.63, 3.8) is 0 Å². The summed E-state index contributed by atoms with van der Waals surface area (Å²) in [6.45, 7) is 3.27. The molecule has 3 N–H and O–H groups in total. The van der Waals surface area contributed by atoms with Crippen molar-refractivity contribution in [1.82, 2.24) is 20.1 Å². The predicted octanol–water partition coefficient (Wildman–Crippen LogP) is 1.28. The van der Waals surface area contributed by atoms with E-state index in [2.05, 4.69) is 15.5 Å². The van der Waals surface area contributed by atoms with E-state index in [4.69, 9.17) is 5.73 Å². The third kappa shape index (κ3) is 4.92. The molecule has 8 heteroatoms. The smallest absolute Gasteiger partial charge is 0.220 e. The van der Waals surface area contributed by atoms with Crippen LogP contribution in [0.4, 0.5) is 0 Å². The molecule has 1 fully saturated rings. The average molecular weight is 324 g/mol. The van der Waals surface area contributed by atoms with Gasteiger partial charge in [-0.2, -0.15) is 0 Å². The number of aromatic nitrogens is 3. The summed E-state index contributed by atoms with van der Waals surface area (Å²) in [7, 11) is 0. The topological polar surface area (TPSA) is 85.8 Å². The van der Waals surface area contributed by atoms with Crippen LogP contribution >= 0.6 is 24.8 Å². The number of hydrogen-bond acceptors (Lipinski definition) is 4. The van der Waals surface area contributed by atoms with Crippen LogP contribution in [0.25, 0.3) is 0 Å². The summed E-state index contributed by atoms with van der Waals surface area (Å²) in [5, 5.41) is 10.7.